The number of anilines is 1. The van der Waals surface area contributed by atoms with Crippen LogP contribution in [-0.2, 0) is 6.54 Å². The largest absolute Gasteiger partial charge is 0.389 e. The van der Waals surface area contributed by atoms with Gasteiger partial charge in [0, 0.05) is 32.2 Å². The number of hydrogen-bond donors (Lipinski definition) is 3. The van der Waals surface area contributed by atoms with Crippen LogP contribution in [0.3, 0.4) is 0 Å². The Morgan fingerprint density at radius 1 is 1.40 bits per heavy atom. The van der Waals surface area contributed by atoms with E-state index in [1.165, 1.54) is 6.07 Å². The molecular weight excluding hydrogens is 262 g/mol. The summed E-state index contributed by atoms with van der Waals surface area (Å²) in [6.07, 6.45) is -1.49. The lowest BCUT2D eigenvalue weighted by Gasteiger charge is -2.15. The fourth-order valence-electron chi connectivity index (χ4n) is 2.40. The molecule has 0 bridgehead atoms. The molecule has 1 fully saturated rings. The van der Waals surface area contributed by atoms with Crippen molar-refractivity contribution in [1.29, 1.82) is 0 Å². The monoisotopic (exact) mass is 281 g/mol. The lowest BCUT2D eigenvalue weighted by atomic mass is 10.1. The van der Waals surface area contributed by atoms with E-state index in [4.69, 9.17) is 0 Å². The first kappa shape index (κ1) is 14.7. The van der Waals surface area contributed by atoms with Crippen molar-refractivity contribution in [1.82, 2.24) is 4.90 Å². The van der Waals surface area contributed by atoms with Crippen molar-refractivity contribution in [3.8, 4) is 0 Å². The zero-order valence-electron chi connectivity index (χ0n) is 11.3. The molecule has 0 spiro atoms. The summed E-state index contributed by atoms with van der Waals surface area (Å²) in [5.41, 5.74) is 1.34. The van der Waals surface area contributed by atoms with E-state index >= 15 is 0 Å². The molecule has 1 heterocycles. The van der Waals surface area contributed by atoms with Crippen LogP contribution in [0.1, 0.15) is 12.5 Å². The van der Waals surface area contributed by atoms with E-state index in [0.29, 0.717) is 31.9 Å². The maximum absolute atomic E-state index is 11.1. The molecule has 0 amide bonds. The van der Waals surface area contributed by atoms with Gasteiger partial charge in [0.1, 0.15) is 5.69 Å². The van der Waals surface area contributed by atoms with Gasteiger partial charge in [0.25, 0.3) is 5.69 Å². The van der Waals surface area contributed by atoms with Crippen molar-refractivity contribution in [2.24, 2.45) is 0 Å². The summed E-state index contributed by atoms with van der Waals surface area (Å²) in [7, 11) is 0. The Labute approximate surface area is 117 Å². The highest BCUT2D eigenvalue weighted by Crippen LogP contribution is 2.26. The summed E-state index contributed by atoms with van der Waals surface area (Å²) in [6.45, 7) is 3.73. The summed E-state index contributed by atoms with van der Waals surface area (Å²) in [6, 6.07) is 5.05. The standard InChI is InChI=1S/C13H19N3O4/c1-2-14-10-4-3-9(5-11(10)16(19)20)6-15-7-12(17)13(18)8-15/h3-5,12-14,17-18H,2,6-8H2,1H3. The Morgan fingerprint density at radius 3 is 2.60 bits per heavy atom. The Kier molecular flexibility index (Phi) is 4.53. The van der Waals surface area contributed by atoms with E-state index in [9.17, 15) is 20.3 Å². The molecule has 1 aromatic carbocycles. The van der Waals surface area contributed by atoms with Gasteiger partial charge in [0.05, 0.1) is 17.1 Å². The van der Waals surface area contributed by atoms with Crippen molar-refractivity contribution in [3.05, 3.63) is 33.9 Å². The maximum atomic E-state index is 11.1. The van der Waals surface area contributed by atoms with Crippen molar-refractivity contribution in [2.45, 2.75) is 25.7 Å². The number of benzene rings is 1. The number of nitro groups is 1. The second kappa shape index (κ2) is 6.17. The fourth-order valence-corrected chi connectivity index (χ4v) is 2.40. The summed E-state index contributed by atoms with van der Waals surface area (Å²) in [5, 5.41) is 33.0. The minimum absolute atomic E-state index is 0.0460. The van der Waals surface area contributed by atoms with Crippen LogP contribution in [0.5, 0.6) is 0 Å². The molecule has 2 atom stereocenters. The zero-order valence-corrected chi connectivity index (χ0v) is 11.3. The van der Waals surface area contributed by atoms with Gasteiger partial charge in [-0.1, -0.05) is 6.07 Å². The summed E-state index contributed by atoms with van der Waals surface area (Å²) >= 11 is 0. The van der Waals surface area contributed by atoms with Gasteiger partial charge in [-0.2, -0.15) is 0 Å². The first-order valence-electron chi connectivity index (χ1n) is 6.61. The normalized spacial score (nSPS) is 22.9. The predicted octanol–water partition coefficient (Wildman–Crippen LogP) is 0.564. The van der Waals surface area contributed by atoms with Gasteiger partial charge in [-0.25, -0.2) is 0 Å². The minimum atomic E-state index is -0.744. The van der Waals surface area contributed by atoms with Crippen LogP contribution in [0.25, 0.3) is 0 Å². The Bertz CT molecular complexity index is 485. The number of β-amino-alcohol motifs (C(OH)–C–C–N with tert-alkyl or cyclic N) is 2. The van der Waals surface area contributed by atoms with Crippen LogP contribution in [-0.4, -0.2) is 51.9 Å². The van der Waals surface area contributed by atoms with Gasteiger partial charge in [-0.05, 0) is 18.6 Å². The van der Waals surface area contributed by atoms with Crippen LogP contribution in [0.2, 0.25) is 0 Å². The van der Waals surface area contributed by atoms with Crippen LogP contribution >= 0.6 is 0 Å². The van der Waals surface area contributed by atoms with Gasteiger partial charge < -0.3 is 15.5 Å². The van der Waals surface area contributed by atoms with Crippen LogP contribution in [0.4, 0.5) is 11.4 Å². The lowest BCUT2D eigenvalue weighted by Crippen LogP contribution is -2.22. The highest BCUT2D eigenvalue weighted by Gasteiger charge is 2.29. The molecule has 7 heteroatoms. The average molecular weight is 281 g/mol. The molecule has 1 aliphatic heterocycles. The third-order valence-electron chi connectivity index (χ3n) is 3.37. The van der Waals surface area contributed by atoms with Crippen LogP contribution in [0, 0.1) is 10.1 Å². The van der Waals surface area contributed by atoms with Crippen molar-refractivity contribution < 1.29 is 15.1 Å². The third-order valence-corrected chi connectivity index (χ3v) is 3.37. The molecule has 1 aliphatic rings. The Morgan fingerprint density at radius 2 is 2.05 bits per heavy atom. The van der Waals surface area contributed by atoms with Gasteiger partial charge in [-0.15, -0.1) is 0 Å². The van der Waals surface area contributed by atoms with Crippen molar-refractivity contribution in [3.63, 3.8) is 0 Å². The first-order chi connectivity index (χ1) is 9.51. The second-order valence-electron chi connectivity index (χ2n) is 4.97. The molecule has 0 aliphatic carbocycles. The third kappa shape index (κ3) is 3.24. The van der Waals surface area contributed by atoms with Crippen molar-refractivity contribution >= 4 is 11.4 Å². The fraction of sp³-hybridized carbons (Fsp3) is 0.538. The van der Waals surface area contributed by atoms with Crippen molar-refractivity contribution in [2.75, 3.05) is 25.0 Å². The molecule has 0 radical (unpaired) electrons. The Balaban J connectivity index is 2.13. The number of rotatable bonds is 5. The van der Waals surface area contributed by atoms with Crippen LogP contribution < -0.4 is 5.32 Å². The SMILES string of the molecule is CCNc1ccc(CN2CC(O)C(O)C2)cc1[N+](=O)[O-]. The molecular formula is C13H19N3O4. The molecule has 0 aromatic heterocycles. The number of aliphatic hydroxyl groups is 2. The van der Waals surface area contributed by atoms with Crippen LogP contribution in [0.15, 0.2) is 18.2 Å². The molecule has 1 aromatic rings. The predicted molar refractivity (Wildman–Crippen MR) is 74.6 cm³/mol. The number of aliphatic hydroxyl groups excluding tert-OH is 2. The molecule has 2 unspecified atom stereocenters. The lowest BCUT2D eigenvalue weighted by molar-refractivity contribution is -0.384. The second-order valence-corrected chi connectivity index (χ2v) is 4.97. The summed E-state index contributed by atoms with van der Waals surface area (Å²) < 4.78 is 0. The highest BCUT2D eigenvalue weighted by atomic mass is 16.6. The number of nitrogens with one attached hydrogen (secondary N) is 1. The van der Waals surface area contributed by atoms with Gasteiger partial charge in [-0.3, -0.25) is 15.0 Å². The van der Waals surface area contributed by atoms with Gasteiger partial charge >= 0.3 is 0 Å². The maximum Gasteiger partial charge on any atom is 0.292 e. The van der Waals surface area contributed by atoms with E-state index in [1.807, 2.05) is 17.9 Å². The van der Waals surface area contributed by atoms with Gasteiger partial charge in [0.15, 0.2) is 0 Å². The summed E-state index contributed by atoms with van der Waals surface area (Å²) in [5.74, 6) is 0. The highest BCUT2D eigenvalue weighted by molar-refractivity contribution is 5.62. The number of nitro benzene ring substituents is 1. The molecule has 2 rings (SSSR count). The molecule has 1 saturated heterocycles. The number of nitrogens with zero attached hydrogens (tertiary/aromatic N) is 2. The van der Waals surface area contributed by atoms with E-state index in [-0.39, 0.29) is 5.69 Å². The molecule has 0 saturated carbocycles. The molecule has 7 nitrogen and oxygen atoms in total. The molecule has 20 heavy (non-hydrogen) atoms. The zero-order chi connectivity index (χ0) is 14.7. The van der Waals surface area contributed by atoms with E-state index in [0.717, 1.165) is 5.56 Å². The number of hydrogen-bond acceptors (Lipinski definition) is 6. The molecule has 110 valence electrons. The van der Waals surface area contributed by atoms with Gasteiger partial charge in [0.2, 0.25) is 0 Å². The average Bonchev–Trinajstić information content (AvgIpc) is 2.70. The Hall–Kier alpha value is -1.70. The first-order valence-corrected chi connectivity index (χ1v) is 6.61. The van der Waals surface area contributed by atoms with E-state index < -0.39 is 17.1 Å². The topological polar surface area (TPSA) is 98.9 Å². The molecule has 3 N–H and O–H groups in total. The van der Waals surface area contributed by atoms with E-state index in [1.54, 1.807) is 6.07 Å². The quantitative estimate of drug-likeness (QED) is 0.539. The minimum Gasteiger partial charge on any atom is -0.389 e. The smallest absolute Gasteiger partial charge is 0.292 e. The summed E-state index contributed by atoms with van der Waals surface area (Å²) in [4.78, 5) is 12.5. The van der Waals surface area contributed by atoms with E-state index in [2.05, 4.69) is 5.32 Å². The number of likely N-dealkylation sites (tertiary alicyclic amines) is 1.